The fraction of sp³-hybridized carbons (Fsp3) is 0.333. The van der Waals surface area contributed by atoms with Gasteiger partial charge in [0.1, 0.15) is 0 Å². The van der Waals surface area contributed by atoms with Crippen molar-refractivity contribution in [2.75, 3.05) is 0 Å². The summed E-state index contributed by atoms with van der Waals surface area (Å²) in [6, 6.07) is 0. The van der Waals surface area contributed by atoms with E-state index in [9.17, 15) is 0 Å². The SMILES string of the molecule is C=C(C)O.C=C(C)O.[Mn].[Y]. The van der Waals surface area contributed by atoms with Crippen molar-refractivity contribution in [3.8, 4) is 0 Å². The van der Waals surface area contributed by atoms with Crippen molar-refractivity contribution in [2.24, 2.45) is 0 Å². The van der Waals surface area contributed by atoms with E-state index in [0.717, 1.165) is 0 Å². The number of rotatable bonds is 0. The fourth-order valence-electron chi connectivity index (χ4n) is 0. The molecule has 0 fully saturated rings. The van der Waals surface area contributed by atoms with Crippen LogP contribution in [0.3, 0.4) is 0 Å². The Labute approximate surface area is 97.8 Å². The van der Waals surface area contributed by atoms with E-state index < -0.39 is 0 Å². The van der Waals surface area contributed by atoms with E-state index in [-0.39, 0.29) is 61.3 Å². The third kappa shape index (κ3) is 1040. The van der Waals surface area contributed by atoms with Crippen molar-refractivity contribution in [1.82, 2.24) is 0 Å². The van der Waals surface area contributed by atoms with Crippen LogP contribution in [-0.4, -0.2) is 10.2 Å². The third-order valence-corrected chi connectivity index (χ3v) is 0. The van der Waals surface area contributed by atoms with Crippen LogP contribution in [0.1, 0.15) is 13.8 Å². The van der Waals surface area contributed by atoms with Gasteiger partial charge in [-0.3, -0.25) is 0 Å². The maximum absolute atomic E-state index is 7.86. The molecule has 2 N–H and O–H groups in total. The van der Waals surface area contributed by atoms with Gasteiger partial charge in [-0.15, -0.1) is 0 Å². The summed E-state index contributed by atoms with van der Waals surface area (Å²) in [5.41, 5.74) is 0. The quantitative estimate of drug-likeness (QED) is 0.517. The van der Waals surface area contributed by atoms with Crippen LogP contribution in [-0.2, 0) is 49.8 Å². The van der Waals surface area contributed by atoms with Crippen molar-refractivity contribution in [1.29, 1.82) is 0 Å². The maximum atomic E-state index is 7.86. The Morgan fingerprint density at radius 2 is 1.00 bits per heavy atom. The van der Waals surface area contributed by atoms with Gasteiger partial charge in [-0.05, 0) is 13.8 Å². The molecule has 0 spiro atoms. The topological polar surface area (TPSA) is 40.5 Å². The van der Waals surface area contributed by atoms with Gasteiger partial charge in [0.25, 0.3) is 0 Å². The van der Waals surface area contributed by atoms with Gasteiger partial charge in [0.2, 0.25) is 0 Å². The molecule has 0 aliphatic heterocycles. The predicted octanol–water partition coefficient (Wildman–Crippen LogP) is 2.15. The molecule has 0 aromatic rings. The average molecular weight is 260 g/mol. The van der Waals surface area contributed by atoms with Gasteiger partial charge >= 0.3 is 0 Å². The smallest absolute Gasteiger partial charge is 0.0820 e. The molecule has 0 aliphatic rings. The van der Waals surface area contributed by atoms with Crippen LogP contribution in [0.25, 0.3) is 0 Å². The van der Waals surface area contributed by atoms with E-state index in [0.29, 0.717) is 0 Å². The van der Waals surface area contributed by atoms with Crippen LogP contribution in [0.4, 0.5) is 0 Å². The van der Waals surface area contributed by atoms with Crippen molar-refractivity contribution >= 4 is 0 Å². The van der Waals surface area contributed by atoms with E-state index in [2.05, 4.69) is 13.2 Å². The van der Waals surface area contributed by atoms with E-state index >= 15 is 0 Å². The first-order valence-electron chi connectivity index (χ1n) is 2.15. The summed E-state index contributed by atoms with van der Waals surface area (Å²) in [5.74, 6) is 0.333. The van der Waals surface area contributed by atoms with Crippen LogP contribution in [0.2, 0.25) is 0 Å². The van der Waals surface area contributed by atoms with Gasteiger partial charge in [-0.25, -0.2) is 0 Å². The number of hydrogen-bond acceptors (Lipinski definition) is 2. The van der Waals surface area contributed by atoms with Gasteiger partial charge in [0.05, 0.1) is 11.5 Å². The summed E-state index contributed by atoms with van der Waals surface area (Å²) >= 11 is 0. The molecule has 0 aromatic carbocycles. The second-order valence-corrected chi connectivity index (χ2v) is 1.47. The van der Waals surface area contributed by atoms with E-state index in [1.54, 1.807) is 0 Å². The Bertz CT molecular complexity index is 73.7. The molecule has 0 saturated heterocycles. The molecule has 4 heteroatoms. The molecule has 0 aromatic heterocycles. The van der Waals surface area contributed by atoms with E-state index in [4.69, 9.17) is 10.2 Å². The van der Waals surface area contributed by atoms with Gasteiger partial charge < -0.3 is 10.2 Å². The molecule has 10 heavy (non-hydrogen) atoms. The van der Waals surface area contributed by atoms with Crippen LogP contribution in [0.15, 0.2) is 24.7 Å². The van der Waals surface area contributed by atoms with Crippen LogP contribution < -0.4 is 0 Å². The second-order valence-electron chi connectivity index (χ2n) is 1.47. The normalized spacial score (nSPS) is 5.00. The van der Waals surface area contributed by atoms with Crippen molar-refractivity contribution in [3.63, 3.8) is 0 Å². The van der Waals surface area contributed by atoms with E-state index in [1.807, 2.05) is 0 Å². The summed E-state index contributed by atoms with van der Waals surface area (Å²) < 4.78 is 0. The number of aliphatic hydroxyl groups excluding tert-OH is 2. The molecular weight excluding hydrogens is 248 g/mol. The van der Waals surface area contributed by atoms with Crippen LogP contribution in [0, 0.1) is 0 Å². The molecule has 0 amide bonds. The summed E-state index contributed by atoms with van der Waals surface area (Å²) in [6.45, 7) is 9.28. The average Bonchev–Trinajstić information content (AvgIpc) is 1.25. The van der Waals surface area contributed by atoms with Gasteiger partial charge in [-0.2, -0.15) is 0 Å². The monoisotopic (exact) mass is 260 g/mol. The molecule has 2 radical (unpaired) electrons. The molecule has 0 heterocycles. The minimum atomic E-state index is 0. The third-order valence-electron chi connectivity index (χ3n) is 0. The van der Waals surface area contributed by atoms with Gasteiger partial charge in [-0.1, -0.05) is 13.2 Å². The van der Waals surface area contributed by atoms with Crippen molar-refractivity contribution in [2.45, 2.75) is 13.8 Å². The first-order valence-corrected chi connectivity index (χ1v) is 2.15. The Morgan fingerprint density at radius 1 is 1.00 bits per heavy atom. The molecule has 0 saturated carbocycles. The minimum Gasteiger partial charge on any atom is -0.513 e. The molecule has 0 aliphatic carbocycles. The molecule has 58 valence electrons. The number of allylic oxidation sites excluding steroid dienone is 2. The Balaban J connectivity index is -0.0000000300. The zero-order valence-electron chi connectivity index (χ0n) is 6.26. The van der Waals surface area contributed by atoms with Gasteiger partial charge in [0, 0.05) is 49.8 Å². The molecule has 0 unspecified atom stereocenters. The van der Waals surface area contributed by atoms with Crippen LogP contribution >= 0.6 is 0 Å². The number of aliphatic hydroxyl groups is 2. The first-order chi connectivity index (χ1) is 3.46. The fourth-order valence-corrected chi connectivity index (χ4v) is 0. The van der Waals surface area contributed by atoms with Crippen LogP contribution in [0.5, 0.6) is 0 Å². The largest absolute Gasteiger partial charge is 0.513 e. The summed E-state index contributed by atoms with van der Waals surface area (Å²) in [6.07, 6.45) is 0. The van der Waals surface area contributed by atoms with Gasteiger partial charge in [0.15, 0.2) is 0 Å². The Morgan fingerprint density at radius 3 is 1.00 bits per heavy atom. The molecule has 2 nitrogen and oxygen atoms in total. The second kappa shape index (κ2) is 16.4. The summed E-state index contributed by atoms with van der Waals surface area (Å²) in [4.78, 5) is 0. The van der Waals surface area contributed by atoms with E-state index in [1.165, 1.54) is 13.8 Å². The predicted molar refractivity (Wildman–Crippen MR) is 34.9 cm³/mol. The zero-order chi connectivity index (χ0) is 7.15. The standard InChI is InChI=1S/2C3H6O.Mn.Y/c2*1-3(2)4;;/h2*4H,1H2,2H3;;. The summed E-state index contributed by atoms with van der Waals surface area (Å²) in [7, 11) is 0. The molecule has 0 bridgehead atoms. The van der Waals surface area contributed by atoms with Crippen molar-refractivity contribution in [3.05, 3.63) is 24.7 Å². The van der Waals surface area contributed by atoms with Crippen molar-refractivity contribution < 1.29 is 60.0 Å². The maximum Gasteiger partial charge on any atom is 0.0820 e. The minimum absolute atomic E-state index is 0. The first kappa shape index (κ1) is 22.4. The zero-order valence-corrected chi connectivity index (χ0v) is 10.3. The molecule has 0 atom stereocenters. The Hall–Kier alpha value is 0.703. The molecule has 0 rings (SSSR count). The summed E-state index contributed by atoms with van der Waals surface area (Å²) in [5, 5.41) is 15.7. The number of hydrogen-bond donors (Lipinski definition) is 2. The Kier molecular flexibility index (Phi) is 36.7. The molecular formula is C6H12MnO2Y.